The lowest BCUT2D eigenvalue weighted by atomic mass is 9.76. The van der Waals surface area contributed by atoms with Gasteiger partial charge in [0.05, 0.1) is 7.11 Å². The number of allylic oxidation sites excluding steroid dienone is 2. The van der Waals surface area contributed by atoms with Gasteiger partial charge in [-0.2, -0.15) is 0 Å². The fourth-order valence-electron chi connectivity index (χ4n) is 3.89. The van der Waals surface area contributed by atoms with Gasteiger partial charge >= 0.3 is 0 Å². The number of ether oxygens (including phenoxy) is 1. The molecule has 0 amide bonds. The Labute approximate surface area is 139 Å². The van der Waals surface area contributed by atoms with Gasteiger partial charge in [0.2, 0.25) is 0 Å². The molecule has 0 fully saturated rings. The third-order valence-corrected chi connectivity index (χ3v) is 4.94. The summed E-state index contributed by atoms with van der Waals surface area (Å²) in [7, 11) is 1.74. The summed E-state index contributed by atoms with van der Waals surface area (Å²) in [5.41, 5.74) is 5.37. The molecule has 2 aromatic rings. The van der Waals surface area contributed by atoms with Gasteiger partial charge in [-0.25, -0.2) is 0 Å². The van der Waals surface area contributed by atoms with Crippen LogP contribution >= 0.6 is 0 Å². The molecule has 1 aliphatic rings. The average molecular weight is 307 g/mol. The maximum Gasteiger partial charge on any atom is 0.119 e. The van der Waals surface area contributed by atoms with E-state index in [0.29, 0.717) is 0 Å². The molecule has 2 heteroatoms. The minimum Gasteiger partial charge on any atom is -0.497 e. The van der Waals surface area contributed by atoms with Crippen LogP contribution in [0, 0.1) is 0 Å². The molecule has 0 saturated heterocycles. The Morgan fingerprint density at radius 2 is 1.87 bits per heavy atom. The van der Waals surface area contributed by atoms with Crippen LogP contribution in [-0.4, -0.2) is 13.7 Å². The molecule has 2 aromatic carbocycles. The van der Waals surface area contributed by atoms with E-state index in [9.17, 15) is 0 Å². The van der Waals surface area contributed by atoms with Crippen molar-refractivity contribution < 1.29 is 4.74 Å². The van der Waals surface area contributed by atoms with Gasteiger partial charge in [0.25, 0.3) is 0 Å². The first-order chi connectivity index (χ1) is 11.1. The SMILES string of the molecule is C/C=C1\N(CC)c2ccc(OC)cc2C1(C)Cc1ccccc1. The highest BCUT2D eigenvalue weighted by atomic mass is 16.5. The van der Waals surface area contributed by atoms with E-state index in [-0.39, 0.29) is 5.41 Å². The summed E-state index contributed by atoms with van der Waals surface area (Å²) in [5, 5.41) is 0. The van der Waals surface area contributed by atoms with Crippen molar-refractivity contribution in [2.45, 2.75) is 32.6 Å². The third kappa shape index (κ3) is 2.52. The summed E-state index contributed by atoms with van der Waals surface area (Å²) in [6.45, 7) is 7.68. The molecule has 120 valence electrons. The van der Waals surface area contributed by atoms with Crippen LogP contribution in [-0.2, 0) is 11.8 Å². The zero-order valence-electron chi connectivity index (χ0n) is 14.5. The summed E-state index contributed by atoms with van der Waals surface area (Å²) in [4.78, 5) is 2.43. The van der Waals surface area contributed by atoms with Crippen LogP contribution in [0.15, 0.2) is 60.3 Å². The summed E-state index contributed by atoms with van der Waals surface area (Å²) in [6, 6.07) is 17.2. The van der Waals surface area contributed by atoms with Crippen molar-refractivity contribution in [2.24, 2.45) is 0 Å². The Hall–Kier alpha value is -2.22. The second kappa shape index (κ2) is 6.11. The van der Waals surface area contributed by atoms with E-state index < -0.39 is 0 Å². The molecular weight excluding hydrogens is 282 g/mol. The molecule has 0 spiro atoms. The van der Waals surface area contributed by atoms with Crippen LogP contribution in [0.3, 0.4) is 0 Å². The van der Waals surface area contributed by atoms with Crippen LogP contribution in [0.1, 0.15) is 31.9 Å². The molecule has 1 aliphatic heterocycles. The first-order valence-corrected chi connectivity index (χ1v) is 8.30. The standard InChI is InChI=1S/C21H25NO/c1-5-20-21(3,15-16-10-8-7-9-11-16)18-14-17(23-4)12-13-19(18)22(20)6-2/h5,7-14H,6,15H2,1-4H3/b20-5-. The molecule has 1 unspecified atom stereocenters. The van der Waals surface area contributed by atoms with Gasteiger partial charge in [-0.15, -0.1) is 0 Å². The van der Waals surface area contributed by atoms with Crippen molar-refractivity contribution >= 4 is 5.69 Å². The molecule has 0 aromatic heterocycles. The molecule has 0 saturated carbocycles. The Morgan fingerprint density at radius 1 is 1.13 bits per heavy atom. The van der Waals surface area contributed by atoms with Gasteiger partial charge in [-0.1, -0.05) is 36.4 Å². The lowest BCUT2D eigenvalue weighted by Gasteiger charge is -2.30. The van der Waals surface area contributed by atoms with Crippen LogP contribution in [0.4, 0.5) is 5.69 Å². The molecule has 3 rings (SSSR count). The van der Waals surface area contributed by atoms with Crippen LogP contribution in [0.25, 0.3) is 0 Å². The zero-order valence-corrected chi connectivity index (χ0v) is 14.5. The molecule has 2 nitrogen and oxygen atoms in total. The van der Waals surface area contributed by atoms with E-state index in [1.807, 2.05) is 0 Å². The zero-order chi connectivity index (χ0) is 16.4. The number of rotatable bonds is 4. The van der Waals surface area contributed by atoms with E-state index in [0.717, 1.165) is 18.7 Å². The predicted molar refractivity (Wildman–Crippen MR) is 97.3 cm³/mol. The van der Waals surface area contributed by atoms with Gasteiger partial charge in [0.15, 0.2) is 0 Å². The molecule has 23 heavy (non-hydrogen) atoms. The number of likely N-dealkylation sites (N-methyl/N-ethyl adjacent to an activating group) is 1. The van der Waals surface area contributed by atoms with Crippen molar-refractivity contribution in [1.29, 1.82) is 0 Å². The third-order valence-electron chi connectivity index (χ3n) is 4.94. The van der Waals surface area contributed by atoms with E-state index in [4.69, 9.17) is 4.74 Å². The molecule has 0 aliphatic carbocycles. The van der Waals surface area contributed by atoms with Gasteiger partial charge in [-0.3, -0.25) is 0 Å². The maximum atomic E-state index is 5.48. The van der Waals surface area contributed by atoms with Crippen molar-refractivity contribution in [3.8, 4) is 5.75 Å². The lowest BCUT2D eigenvalue weighted by Crippen LogP contribution is -2.30. The molecule has 1 heterocycles. The topological polar surface area (TPSA) is 12.5 Å². The molecule has 1 atom stereocenters. The van der Waals surface area contributed by atoms with E-state index in [1.54, 1.807) is 7.11 Å². The smallest absolute Gasteiger partial charge is 0.119 e. The fourth-order valence-corrected chi connectivity index (χ4v) is 3.89. The van der Waals surface area contributed by atoms with Crippen LogP contribution in [0.2, 0.25) is 0 Å². The molecular formula is C21H25NO. The summed E-state index contributed by atoms with van der Waals surface area (Å²) in [6.07, 6.45) is 3.25. The number of fused-ring (bicyclic) bond motifs is 1. The highest BCUT2D eigenvalue weighted by Crippen LogP contribution is 2.50. The quantitative estimate of drug-likeness (QED) is 0.793. The summed E-state index contributed by atoms with van der Waals surface area (Å²) >= 11 is 0. The van der Waals surface area contributed by atoms with Gasteiger partial charge in [0, 0.05) is 23.3 Å². The maximum absolute atomic E-state index is 5.48. The second-order valence-electron chi connectivity index (χ2n) is 6.30. The number of hydrogen-bond acceptors (Lipinski definition) is 2. The van der Waals surface area contributed by atoms with Crippen molar-refractivity contribution in [3.63, 3.8) is 0 Å². The van der Waals surface area contributed by atoms with Gasteiger partial charge in [-0.05, 0) is 56.5 Å². The molecule has 0 radical (unpaired) electrons. The van der Waals surface area contributed by atoms with Crippen molar-refractivity contribution in [2.75, 3.05) is 18.6 Å². The monoisotopic (exact) mass is 307 g/mol. The van der Waals surface area contributed by atoms with Gasteiger partial charge in [0.1, 0.15) is 5.75 Å². The summed E-state index contributed by atoms with van der Waals surface area (Å²) in [5.74, 6) is 0.927. The predicted octanol–water partition coefficient (Wildman–Crippen LogP) is 4.94. The number of nitrogens with zero attached hydrogens (tertiary/aromatic N) is 1. The Kier molecular flexibility index (Phi) is 4.16. The van der Waals surface area contributed by atoms with Crippen molar-refractivity contribution in [1.82, 2.24) is 0 Å². The highest BCUT2D eigenvalue weighted by Gasteiger charge is 2.42. The lowest BCUT2D eigenvalue weighted by molar-refractivity contribution is 0.413. The highest BCUT2D eigenvalue weighted by molar-refractivity contribution is 5.72. The minimum absolute atomic E-state index is 0.0318. The fraction of sp³-hybridized carbons (Fsp3) is 0.333. The van der Waals surface area contributed by atoms with E-state index >= 15 is 0 Å². The number of methoxy groups -OCH3 is 1. The van der Waals surface area contributed by atoms with E-state index in [1.165, 1.54) is 22.5 Å². The normalized spacial score (nSPS) is 21.6. The van der Waals surface area contributed by atoms with E-state index in [2.05, 4.69) is 80.3 Å². The largest absolute Gasteiger partial charge is 0.497 e. The van der Waals surface area contributed by atoms with Crippen LogP contribution in [0.5, 0.6) is 5.75 Å². The Bertz CT molecular complexity index is 720. The number of hydrogen-bond donors (Lipinski definition) is 0. The first kappa shape index (κ1) is 15.7. The second-order valence-corrected chi connectivity index (χ2v) is 6.30. The summed E-state index contributed by atoms with van der Waals surface area (Å²) < 4.78 is 5.48. The Morgan fingerprint density at radius 3 is 2.48 bits per heavy atom. The first-order valence-electron chi connectivity index (χ1n) is 8.30. The molecule has 0 bridgehead atoms. The van der Waals surface area contributed by atoms with Crippen LogP contribution < -0.4 is 9.64 Å². The molecule has 0 N–H and O–H groups in total. The average Bonchev–Trinajstić information content (AvgIpc) is 2.82. The number of benzene rings is 2. The minimum atomic E-state index is -0.0318. The Balaban J connectivity index is 2.14. The number of anilines is 1. The van der Waals surface area contributed by atoms with Gasteiger partial charge < -0.3 is 9.64 Å². The van der Waals surface area contributed by atoms with Crippen molar-refractivity contribution in [3.05, 3.63) is 71.4 Å².